The Morgan fingerprint density at radius 1 is 1.03 bits per heavy atom. The smallest absolute Gasteiger partial charge is 0.410 e. The fourth-order valence-electron chi connectivity index (χ4n) is 3.47. The van der Waals surface area contributed by atoms with Crippen molar-refractivity contribution in [2.75, 3.05) is 31.5 Å². The lowest BCUT2D eigenvalue weighted by atomic mass is 9.93. The Balaban J connectivity index is 1.19. The maximum Gasteiger partial charge on any atom is 0.410 e. The molecule has 8 nitrogen and oxygen atoms in total. The van der Waals surface area contributed by atoms with Gasteiger partial charge in [-0.25, -0.2) is 9.59 Å². The van der Waals surface area contributed by atoms with Crippen LogP contribution in [-0.2, 0) is 4.74 Å². The van der Waals surface area contributed by atoms with Crippen LogP contribution in [0.15, 0.2) is 48.8 Å². The first-order chi connectivity index (χ1) is 14.8. The first-order valence-electron chi connectivity index (χ1n) is 10.5. The lowest BCUT2D eigenvalue weighted by Gasteiger charge is -2.39. The van der Waals surface area contributed by atoms with E-state index < -0.39 is 5.60 Å². The second-order valence-corrected chi connectivity index (χ2v) is 8.97. The van der Waals surface area contributed by atoms with Crippen LogP contribution >= 0.6 is 0 Å². The van der Waals surface area contributed by atoms with Gasteiger partial charge in [0.25, 0.3) is 0 Å². The van der Waals surface area contributed by atoms with E-state index in [2.05, 4.69) is 10.3 Å². The molecule has 3 heterocycles. The average molecular weight is 425 g/mol. The predicted octanol–water partition coefficient (Wildman–Crippen LogP) is 3.71. The lowest BCUT2D eigenvalue weighted by molar-refractivity contribution is -0.0221. The summed E-state index contributed by atoms with van der Waals surface area (Å²) in [5, 5.41) is 2.91. The number of nitrogens with zero attached hydrogens (tertiary/aromatic N) is 3. The van der Waals surface area contributed by atoms with Crippen molar-refractivity contribution in [3.05, 3.63) is 54.4 Å². The van der Waals surface area contributed by atoms with Gasteiger partial charge in [0.15, 0.2) is 0 Å². The number of nitrogens with one attached hydrogen (secondary N) is 1. The summed E-state index contributed by atoms with van der Waals surface area (Å²) >= 11 is 0. The normalized spacial score (nSPS) is 16.9. The molecule has 31 heavy (non-hydrogen) atoms. The molecule has 0 radical (unpaired) electrons. The van der Waals surface area contributed by atoms with Crippen LogP contribution in [0.1, 0.15) is 32.3 Å². The second kappa shape index (κ2) is 8.45. The van der Waals surface area contributed by atoms with Gasteiger partial charge in [-0.2, -0.15) is 0 Å². The SMILES string of the molecule is CC(C)(C)OC(=O)N1CC(Oc2ccc(NC(=O)N3CC(c4cccnc4)C3)cc2)C1. The van der Waals surface area contributed by atoms with E-state index >= 15 is 0 Å². The molecule has 0 aliphatic carbocycles. The van der Waals surface area contributed by atoms with Gasteiger partial charge in [0.2, 0.25) is 0 Å². The molecule has 0 atom stereocenters. The van der Waals surface area contributed by atoms with Gasteiger partial charge in [0.05, 0.1) is 13.1 Å². The number of carbonyl (C=O) groups excluding carboxylic acids is 2. The molecule has 1 aromatic heterocycles. The van der Waals surface area contributed by atoms with Crippen molar-refractivity contribution in [3.63, 3.8) is 0 Å². The number of benzene rings is 1. The molecule has 8 heteroatoms. The third-order valence-corrected chi connectivity index (χ3v) is 5.23. The number of carbonyl (C=O) groups is 2. The number of anilines is 1. The highest BCUT2D eigenvalue weighted by Gasteiger charge is 2.35. The third-order valence-electron chi connectivity index (χ3n) is 5.23. The zero-order valence-corrected chi connectivity index (χ0v) is 18.1. The molecular weight excluding hydrogens is 396 g/mol. The van der Waals surface area contributed by atoms with Crippen molar-refractivity contribution in [2.45, 2.75) is 38.4 Å². The van der Waals surface area contributed by atoms with Gasteiger partial charge in [-0.05, 0) is 56.7 Å². The minimum absolute atomic E-state index is 0.0570. The first kappa shape index (κ1) is 21.0. The van der Waals surface area contributed by atoms with Crippen molar-refractivity contribution >= 4 is 17.8 Å². The van der Waals surface area contributed by atoms with Crippen LogP contribution in [0.3, 0.4) is 0 Å². The number of pyridine rings is 1. The number of ether oxygens (including phenoxy) is 2. The van der Waals surface area contributed by atoms with E-state index in [0.717, 1.165) is 5.56 Å². The van der Waals surface area contributed by atoms with E-state index in [1.807, 2.05) is 63.4 Å². The molecule has 3 amide bonds. The molecule has 2 aromatic rings. The quantitative estimate of drug-likeness (QED) is 0.809. The Kier molecular flexibility index (Phi) is 5.71. The molecular formula is C23H28N4O4. The largest absolute Gasteiger partial charge is 0.487 e. The highest BCUT2D eigenvalue weighted by Crippen LogP contribution is 2.27. The van der Waals surface area contributed by atoms with Crippen LogP contribution in [-0.4, -0.2) is 64.8 Å². The van der Waals surface area contributed by atoms with Gasteiger partial charge < -0.3 is 24.6 Å². The summed E-state index contributed by atoms with van der Waals surface area (Å²) in [6.45, 7) is 7.92. The van der Waals surface area contributed by atoms with Crippen LogP contribution in [0.5, 0.6) is 5.75 Å². The van der Waals surface area contributed by atoms with E-state index in [9.17, 15) is 9.59 Å². The summed E-state index contributed by atoms with van der Waals surface area (Å²) in [4.78, 5) is 31.9. The van der Waals surface area contributed by atoms with Gasteiger partial charge in [0, 0.05) is 37.1 Å². The predicted molar refractivity (Wildman–Crippen MR) is 116 cm³/mol. The van der Waals surface area contributed by atoms with Crippen LogP contribution < -0.4 is 10.1 Å². The fraction of sp³-hybridized carbons (Fsp3) is 0.435. The molecule has 4 rings (SSSR count). The minimum atomic E-state index is -0.501. The molecule has 0 bridgehead atoms. The fourth-order valence-corrected chi connectivity index (χ4v) is 3.47. The van der Waals surface area contributed by atoms with E-state index in [4.69, 9.17) is 9.47 Å². The zero-order chi connectivity index (χ0) is 22.0. The summed E-state index contributed by atoms with van der Waals surface area (Å²) < 4.78 is 11.2. The van der Waals surface area contributed by atoms with Crippen LogP contribution in [0, 0.1) is 0 Å². The summed E-state index contributed by atoms with van der Waals surface area (Å²) in [6.07, 6.45) is 3.23. The van der Waals surface area contributed by atoms with Gasteiger partial charge >= 0.3 is 12.1 Å². The van der Waals surface area contributed by atoms with Crippen molar-refractivity contribution in [1.82, 2.24) is 14.8 Å². The van der Waals surface area contributed by atoms with Crippen LogP contribution in [0.25, 0.3) is 0 Å². The molecule has 2 fully saturated rings. The maximum absolute atomic E-state index is 12.4. The Labute approximate surface area is 182 Å². The van der Waals surface area contributed by atoms with Crippen molar-refractivity contribution in [2.24, 2.45) is 0 Å². The van der Waals surface area contributed by atoms with E-state index in [0.29, 0.717) is 43.5 Å². The molecule has 0 spiro atoms. The number of rotatable bonds is 4. The Morgan fingerprint density at radius 2 is 1.74 bits per heavy atom. The highest BCUT2D eigenvalue weighted by molar-refractivity contribution is 5.90. The summed E-state index contributed by atoms with van der Waals surface area (Å²) in [5.74, 6) is 1.05. The first-order valence-corrected chi connectivity index (χ1v) is 10.5. The molecule has 1 N–H and O–H groups in total. The average Bonchev–Trinajstić information content (AvgIpc) is 2.64. The number of amides is 3. The maximum atomic E-state index is 12.4. The van der Waals surface area contributed by atoms with Crippen molar-refractivity contribution in [3.8, 4) is 5.75 Å². The Hall–Kier alpha value is -3.29. The van der Waals surface area contributed by atoms with Crippen molar-refractivity contribution < 1.29 is 19.1 Å². The zero-order valence-electron chi connectivity index (χ0n) is 18.1. The van der Waals surface area contributed by atoms with Crippen molar-refractivity contribution in [1.29, 1.82) is 0 Å². The molecule has 164 valence electrons. The topological polar surface area (TPSA) is 84.0 Å². The molecule has 2 aliphatic heterocycles. The molecule has 0 unspecified atom stereocenters. The molecule has 2 aliphatic rings. The Bertz CT molecular complexity index is 915. The number of likely N-dealkylation sites (tertiary alicyclic amines) is 2. The van der Waals surface area contributed by atoms with Crippen LogP contribution in [0.4, 0.5) is 15.3 Å². The van der Waals surface area contributed by atoms with Gasteiger partial charge in [0.1, 0.15) is 17.5 Å². The summed E-state index contributed by atoms with van der Waals surface area (Å²) in [7, 11) is 0. The lowest BCUT2D eigenvalue weighted by Crippen LogP contribution is -2.57. The second-order valence-electron chi connectivity index (χ2n) is 8.97. The number of urea groups is 1. The molecule has 0 saturated carbocycles. The third kappa shape index (κ3) is 5.25. The van der Waals surface area contributed by atoms with Gasteiger partial charge in [-0.1, -0.05) is 6.07 Å². The molecule has 1 aromatic carbocycles. The summed E-state index contributed by atoms with van der Waals surface area (Å²) in [6, 6.07) is 11.1. The van der Waals surface area contributed by atoms with E-state index in [1.165, 1.54) is 0 Å². The van der Waals surface area contributed by atoms with Gasteiger partial charge in [-0.3, -0.25) is 4.98 Å². The molecule has 2 saturated heterocycles. The van der Waals surface area contributed by atoms with Crippen LogP contribution in [0.2, 0.25) is 0 Å². The highest BCUT2D eigenvalue weighted by atomic mass is 16.6. The number of hydrogen-bond acceptors (Lipinski definition) is 5. The van der Waals surface area contributed by atoms with E-state index in [1.54, 1.807) is 16.0 Å². The monoisotopic (exact) mass is 424 g/mol. The minimum Gasteiger partial charge on any atom is -0.487 e. The van der Waals surface area contributed by atoms with E-state index in [-0.39, 0.29) is 18.2 Å². The Morgan fingerprint density at radius 3 is 2.35 bits per heavy atom. The number of aromatic nitrogens is 1. The standard InChI is InChI=1S/C23H28N4O4/c1-23(2,3)31-22(29)27-14-20(15-27)30-19-8-6-18(7-9-19)25-21(28)26-12-17(13-26)16-5-4-10-24-11-16/h4-11,17,20H,12-15H2,1-3H3,(H,25,28). The van der Waals surface area contributed by atoms with Gasteiger partial charge in [-0.15, -0.1) is 0 Å². The summed E-state index contributed by atoms with van der Waals surface area (Å²) in [5.41, 5.74) is 1.37. The number of hydrogen-bond donors (Lipinski definition) is 1.